The molecular weight excluding hydrogens is 288 g/mol. The maximum atomic E-state index is 11.9. The molecule has 0 bridgehead atoms. The number of nitrogens with zero attached hydrogens (tertiary/aromatic N) is 2. The average Bonchev–Trinajstić information content (AvgIpc) is 2.76. The van der Waals surface area contributed by atoms with Gasteiger partial charge in [-0.2, -0.15) is 0 Å². The van der Waals surface area contributed by atoms with E-state index in [4.69, 9.17) is 11.6 Å². The van der Waals surface area contributed by atoms with Crippen LogP contribution in [0, 0.1) is 0 Å². The fraction of sp³-hybridized carbons (Fsp3) is 0.500. The summed E-state index contributed by atoms with van der Waals surface area (Å²) in [5, 5.41) is 0. The molecule has 1 aliphatic rings. The van der Waals surface area contributed by atoms with Gasteiger partial charge in [-0.1, -0.05) is 6.07 Å². The van der Waals surface area contributed by atoms with E-state index in [0.717, 1.165) is 5.56 Å². The Balaban J connectivity index is 2.15. The fourth-order valence-corrected chi connectivity index (χ4v) is 4.09. The lowest BCUT2D eigenvalue weighted by Crippen LogP contribution is -2.41. The number of halogens is 1. The normalized spacial score (nSPS) is 21.2. The van der Waals surface area contributed by atoms with Gasteiger partial charge in [0.15, 0.2) is 9.84 Å². The van der Waals surface area contributed by atoms with Crippen LogP contribution in [-0.2, 0) is 21.2 Å². The van der Waals surface area contributed by atoms with Crippen LogP contribution in [0.25, 0.3) is 0 Å². The van der Waals surface area contributed by atoms with Crippen LogP contribution in [0.3, 0.4) is 0 Å². The largest absolute Gasteiger partial charge is 0.333 e. The first-order valence-electron chi connectivity index (χ1n) is 5.96. The lowest BCUT2D eigenvalue weighted by atomic mass is 10.2. The Morgan fingerprint density at radius 2 is 2.32 bits per heavy atom. The van der Waals surface area contributed by atoms with Crippen LogP contribution in [0.4, 0.5) is 0 Å². The number of aromatic nitrogens is 1. The van der Waals surface area contributed by atoms with Crippen LogP contribution < -0.4 is 0 Å². The van der Waals surface area contributed by atoms with Crippen LogP contribution in [0.2, 0.25) is 0 Å². The molecule has 0 N–H and O–H groups in total. The van der Waals surface area contributed by atoms with Crippen molar-refractivity contribution in [1.29, 1.82) is 0 Å². The van der Waals surface area contributed by atoms with Gasteiger partial charge in [-0.3, -0.25) is 9.78 Å². The minimum absolute atomic E-state index is 0.0237. The van der Waals surface area contributed by atoms with Crippen LogP contribution in [0.1, 0.15) is 12.0 Å². The minimum atomic E-state index is -3.03. The van der Waals surface area contributed by atoms with E-state index in [2.05, 4.69) is 4.98 Å². The maximum absolute atomic E-state index is 11.9. The molecule has 0 saturated carbocycles. The highest BCUT2D eigenvalue weighted by atomic mass is 35.5. The van der Waals surface area contributed by atoms with E-state index < -0.39 is 9.84 Å². The molecule has 1 aliphatic heterocycles. The topological polar surface area (TPSA) is 67.3 Å². The monoisotopic (exact) mass is 302 g/mol. The van der Waals surface area contributed by atoms with Gasteiger partial charge < -0.3 is 4.90 Å². The summed E-state index contributed by atoms with van der Waals surface area (Å²) >= 11 is 5.61. The first kappa shape index (κ1) is 14.3. The molecule has 0 aliphatic carbocycles. The summed E-state index contributed by atoms with van der Waals surface area (Å²) in [5.41, 5.74) is 0.866. The second kappa shape index (κ2) is 5.88. The van der Waals surface area contributed by atoms with E-state index in [-0.39, 0.29) is 29.3 Å². The third-order valence-electron chi connectivity index (χ3n) is 3.16. The Morgan fingerprint density at radius 3 is 2.84 bits per heavy atom. The van der Waals surface area contributed by atoms with E-state index in [0.29, 0.717) is 13.0 Å². The molecule has 7 heteroatoms. The van der Waals surface area contributed by atoms with Crippen molar-refractivity contribution >= 4 is 27.3 Å². The standard InChI is InChI=1S/C12H15ClN2O3S/c13-6-12(16)15(8-10-2-1-4-14-7-10)11-3-5-19(17,18)9-11/h1-2,4,7,11H,3,5-6,8-9H2/t11-/m1/s1. The zero-order chi connectivity index (χ0) is 13.9. The molecule has 1 fully saturated rings. The second-order valence-electron chi connectivity index (χ2n) is 4.57. The van der Waals surface area contributed by atoms with Gasteiger partial charge in [-0.15, -0.1) is 11.6 Å². The molecule has 1 aromatic heterocycles. The number of amides is 1. The zero-order valence-electron chi connectivity index (χ0n) is 10.3. The molecule has 1 aromatic rings. The maximum Gasteiger partial charge on any atom is 0.238 e. The highest BCUT2D eigenvalue weighted by Crippen LogP contribution is 2.20. The summed E-state index contributed by atoms with van der Waals surface area (Å²) in [6.45, 7) is 0.347. The second-order valence-corrected chi connectivity index (χ2v) is 7.07. The van der Waals surface area contributed by atoms with E-state index in [9.17, 15) is 13.2 Å². The van der Waals surface area contributed by atoms with Crippen molar-refractivity contribution in [3.8, 4) is 0 Å². The van der Waals surface area contributed by atoms with Crippen molar-refractivity contribution in [1.82, 2.24) is 9.88 Å². The Hall–Kier alpha value is -1.14. The van der Waals surface area contributed by atoms with Crippen LogP contribution >= 0.6 is 11.6 Å². The number of sulfone groups is 1. The Kier molecular flexibility index (Phi) is 4.42. The van der Waals surface area contributed by atoms with Crippen molar-refractivity contribution in [2.24, 2.45) is 0 Å². The highest BCUT2D eigenvalue weighted by molar-refractivity contribution is 7.91. The van der Waals surface area contributed by atoms with Gasteiger partial charge >= 0.3 is 0 Å². The molecule has 2 heterocycles. The summed E-state index contributed by atoms with van der Waals surface area (Å²) in [7, 11) is -3.03. The molecule has 5 nitrogen and oxygen atoms in total. The minimum Gasteiger partial charge on any atom is -0.333 e. The number of pyridine rings is 1. The summed E-state index contributed by atoms with van der Waals surface area (Å²) < 4.78 is 23.1. The molecule has 0 unspecified atom stereocenters. The fourth-order valence-electron chi connectivity index (χ4n) is 2.21. The van der Waals surface area contributed by atoms with E-state index in [1.807, 2.05) is 6.07 Å². The Bertz CT molecular complexity index is 547. The van der Waals surface area contributed by atoms with Gasteiger partial charge in [0.2, 0.25) is 5.91 Å². The third kappa shape index (κ3) is 3.67. The molecule has 0 spiro atoms. The first-order valence-corrected chi connectivity index (χ1v) is 8.32. The van der Waals surface area contributed by atoms with Crippen molar-refractivity contribution < 1.29 is 13.2 Å². The van der Waals surface area contributed by atoms with Gasteiger partial charge in [-0.05, 0) is 18.1 Å². The SMILES string of the molecule is O=C(CCl)N(Cc1cccnc1)[C@@H]1CCS(=O)(=O)C1. The molecule has 1 amide bonds. The number of carbonyl (C=O) groups is 1. The number of hydrogen-bond acceptors (Lipinski definition) is 4. The molecule has 2 rings (SSSR count). The Morgan fingerprint density at radius 1 is 1.53 bits per heavy atom. The average molecular weight is 303 g/mol. The van der Waals surface area contributed by atoms with Gasteiger partial charge in [-0.25, -0.2) is 8.42 Å². The quantitative estimate of drug-likeness (QED) is 0.773. The molecule has 104 valence electrons. The van der Waals surface area contributed by atoms with Gasteiger partial charge in [0, 0.05) is 25.0 Å². The lowest BCUT2D eigenvalue weighted by molar-refractivity contribution is -0.131. The van der Waals surface area contributed by atoms with Crippen molar-refractivity contribution in [2.75, 3.05) is 17.4 Å². The summed E-state index contributed by atoms with van der Waals surface area (Å²) in [6, 6.07) is 3.35. The zero-order valence-corrected chi connectivity index (χ0v) is 11.9. The summed E-state index contributed by atoms with van der Waals surface area (Å²) in [4.78, 5) is 17.4. The highest BCUT2D eigenvalue weighted by Gasteiger charge is 2.34. The molecule has 0 aromatic carbocycles. The predicted octanol–water partition coefficient (Wildman–Crippen LogP) is 0.836. The van der Waals surface area contributed by atoms with Crippen LogP contribution in [0.15, 0.2) is 24.5 Å². The van der Waals surface area contributed by atoms with Crippen molar-refractivity contribution in [2.45, 2.75) is 19.0 Å². The van der Waals surface area contributed by atoms with Crippen LogP contribution in [-0.4, -0.2) is 47.6 Å². The third-order valence-corrected chi connectivity index (χ3v) is 5.14. The van der Waals surface area contributed by atoms with E-state index in [1.54, 1.807) is 23.4 Å². The number of carbonyl (C=O) groups excluding carboxylic acids is 1. The lowest BCUT2D eigenvalue weighted by Gasteiger charge is -2.27. The van der Waals surface area contributed by atoms with Gasteiger partial charge in [0.25, 0.3) is 0 Å². The smallest absolute Gasteiger partial charge is 0.238 e. The molecule has 19 heavy (non-hydrogen) atoms. The first-order chi connectivity index (χ1) is 9.02. The molecular formula is C12H15ClN2O3S. The molecule has 1 saturated heterocycles. The van der Waals surface area contributed by atoms with Gasteiger partial charge in [0.05, 0.1) is 11.5 Å². The number of hydrogen-bond donors (Lipinski definition) is 0. The van der Waals surface area contributed by atoms with Crippen molar-refractivity contribution in [3.63, 3.8) is 0 Å². The summed E-state index contributed by atoms with van der Waals surface area (Å²) in [5.74, 6) is -0.226. The summed E-state index contributed by atoms with van der Waals surface area (Å²) in [6.07, 6.45) is 3.79. The number of alkyl halides is 1. The Labute approximate surface area is 117 Å². The number of rotatable bonds is 4. The van der Waals surface area contributed by atoms with Crippen LogP contribution in [0.5, 0.6) is 0 Å². The van der Waals surface area contributed by atoms with Crippen molar-refractivity contribution in [3.05, 3.63) is 30.1 Å². The predicted molar refractivity (Wildman–Crippen MR) is 72.6 cm³/mol. The molecule has 1 atom stereocenters. The van der Waals surface area contributed by atoms with Gasteiger partial charge in [0.1, 0.15) is 5.88 Å². The molecule has 0 radical (unpaired) electrons. The van der Waals surface area contributed by atoms with E-state index in [1.165, 1.54) is 0 Å². The van der Waals surface area contributed by atoms with E-state index >= 15 is 0 Å².